The van der Waals surface area contributed by atoms with Crippen LogP contribution in [0.1, 0.15) is 33.3 Å². The third kappa shape index (κ3) is 5.21. The first-order chi connectivity index (χ1) is 8.70. The van der Waals surface area contributed by atoms with Crippen LogP contribution in [0, 0.1) is 0 Å². The molecule has 1 rings (SSSR count). The van der Waals surface area contributed by atoms with E-state index in [2.05, 4.69) is 6.92 Å². The number of carbonyl (C=O) groups is 1. The van der Waals surface area contributed by atoms with Crippen LogP contribution in [0.2, 0.25) is 5.02 Å². The summed E-state index contributed by atoms with van der Waals surface area (Å²) < 4.78 is 0. The van der Waals surface area contributed by atoms with Crippen LogP contribution in [0.5, 0.6) is 0 Å². The molecule has 1 aromatic rings. The number of benzene rings is 1. The van der Waals surface area contributed by atoms with Gasteiger partial charge in [0.25, 0.3) is 0 Å². The third-order valence-corrected chi connectivity index (χ3v) is 3.40. The van der Waals surface area contributed by atoms with Crippen molar-refractivity contribution < 1.29 is 9.90 Å². The Morgan fingerprint density at radius 3 is 2.26 bits per heavy atom. The van der Waals surface area contributed by atoms with Gasteiger partial charge in [0.15, 0.2) is 0 Å². The van der Waals surface area contributed by atoms with Crippen molar-refractivity contribution in [1.29, 1.82) is 0 Å². The maximum Gasteiger partial charge on any atom is 0.317 e. The Morgan fingerprint density at radius 2 is 1.84 bits per heavy atom. The van der Waals surface area contributed by atoms with E-state index in [0.29, 0.717) is 0 Å². The predicted molar refractivity (Wildman–Crippen MR) is 78.7 cm³/mol. The summed E-state index contributed by atoms with van der Waals surface area (Å²) in [4.78, 5) is 13.0. The lowest BCUT2D eigenvalue weighted by Crippen LogP contribution is -2.50. The summed E-state index contributed by atoms with van der Waals surface area (Å²) in [6, 6.07) is 7.85. The van der Waals surface area contributed by atoms with Gasteiger partial charge >= 0.3 is 5.97 Å². The van der Waals surface area contributed by atoms with Gasteiger partial charge in [-0.15, -0.1) is 0 Å². The molecule has 0 bridgehead atoms. The second-order valence-electron chi connectivity index (χ2n) is 5.87. The number of hydrogen-bond donors (Lipinski definition) is 1. The van der Waals surface area contributed by atoms with Gasteiger partial charge in [0.1, 0.15) is 0 Å². The van der Waals surface area contributed by atoms with Gasteiger partial charge in [0, 0.05) is 16.6 Å². The molecule has 0 aliphatic heterocycles. The van der Waals surface area contributed by atoms with Crippen LogP contribution in [0.3, 0.4) is 0 Å². The number of carboxylic acids is 1. The summed E-state index contributed by atoms with van der Waals surface area (Å²) >= 11 is 5.86. The number of nitrogens with zero attached hydrogens (tertiary/aromatic N) is 1. The highest BCUT2D eigenvalue weighted by Gasteiger charge is 2.28. The molecule has 1 unspecified atom stereocenters. The Hall–Kier alpha value is -1.06. The molecule has 0 saturated heterocycles. The Bertz CT molecular complexity index is 423. The molecule has 0 fully saturated rings. The van der Waals surface area contributed by atoms with Crippen LogP contribution in [0.25, 0.3) is 0 Å². The van der Waals surface area contributed by atoms with Gasteiger partial charge in [-0.1, -0.05) is 23.7 Å². The highest BCUT2D eigenvalue weighted by atomic mass is 35.5. The zero-order valence-electron chi connectivity index (χ0n) is 12.0. The van der Waals surface area contributed by atoms with Crippen molar-refractivity contribution in [3.05, 3.63) is 34.9 Å². The maximum absolute atomic E-state index is 11.0. The second-order valence-corrected chi connectivity index (χ2v) is 6.31. The highest BCUT2D eigenvalue weighted by Crippen LogP contribution is 2.20. The lowest BCUT2D eigenvalue weighted by molar-refractivity contribution is -0.140. The average molecular weight is 284 g/mol. The molecule has 3 nitrogen and oxygen atoms in total. The Labute approximate surface area is 120 Å². The van der Waals surface area contributed by atoms with Crippen LogP contribution in [0.4, 0.5) is 0 Å². The topological polar surface area (TPSA) is 40.5 Å². The first kappa shape index (κ1) is 16.0. The lowest BCUT2D eigenvalue weighted by atomic mass is 9.99. The number of halogens is 1. The third-order valence-electron chi connectivity index (χ3n) is 3.14. The minimum absolute atomic E-state index is 0.0538. The normalized spacial score (nSPS) is 13.6. The number of carboxylic acid groups (broad SMARTS) is 1. The molecule has 1 atom stereocenters. The van der Waals surface area contributed by atoms with E-state index in [9.17, 15) is 4.79 Å². The smallest absolute Gasteiger partial charge is 0.317 e. The van der Waals surface area contributed by atoms with Gasteiger partial charge < -0.3 is 5.11 Å². The summed E-state index contributed by atoms with van der Waals surface area (Å²) in [5.74, 6) is -0.794. The van der Waals surface area contributed by atoms with Gasteiger partial charge in [0.2, 0.25) is 0 Å². The van der Waals surface area contributed by atoms with Gasteiger partial charge in [-0.05, 0) is 51.8 Å². The van der Waals surface area contributed by atoms with Crippen LogP contribution in [-0.2, 0) is 11.2 Å². The fraction of sp³-hybridized carbons (Fsp3) is 0.533. The van der Waals surface area contributed by atoms with Crippen molar-refractivity contribution >= 4 is 17.6 Å². The van der Waals surface area contributed by atoms with Crippen molar-refractivity contribution in [3.8, 4) is 0 Å². The van der Waals surface area contributed by atoms with E-state index in [1.54, 1.807) is 0 Å². The van der Waals surface area contributed by atoms with Crippen molar-refractivity contribution in [3.63, 3.8) is 0 Å². The van der Waals surface area contributed by atoms with Crippen LogP contribution >= 0.6 is 11.6 Å². The van der Waals surface area contributed by atoms with E-state index in [0.717, 1.165) is 17.0 Å². The zero-order chi connectivity index (χ0) is 14.6. The molecule has 0 heterocycles. The summed E-state index contributed by atoms with van der Waals surface area (Å²) in [5, 5.41) is 9.76. The Balaban J connectivity index is 2.79. The standard InChI is InChI=1S/C15H22ClNO2/c1-11(9-12-5-7-13(16)8-6-12)17(10-14(18)19)15(2,3)4/h5-8,11H,9-10H2,1-4H3,(H,18,19). The molecule has 19 heavy (non-hydrogen) atoms. The molecule has 0 aliphatic carbocycles. The van der Waals surface area contributed by atoms with E-state index in [1.807, 2.05) is 49.9 Å². The van der Waals surface area contributed by atoms with Crippen molar-refractivity contribution in [2.45, 2.75) is 45.7 Å². The average Bonchev–Trinajstić information content (AvgIpc) is 2.27. The Morgan fingerprint density at radius 1 is 1.32 bits per heavy atom. The quantitative estimate of drug-likeness (QED) is 0.900. The molecule has 1 aromatic carbocycles. The lowest BCUT2D eigenvalue weighted by Gasteiger charge is -2.39. The van der Waals surface area contributed by atoms with Crippen LogP contribution in [-0.4, -0.2) is 34.1 Å². The molecule has 0 saturated carbocycles. The largest absolute Gasteiger partial charge is 0.480 e. The molecule has 0 spiro atoms. The molecular formula is C15H22ClNO2. The van der Waals surface area contributed by atoms with Gasteiger partial charge in [0.05, 0.1) is 6.54 Å². The fourth-order valence-corrected chi connectivity index (χ4v) is 2.40. The zero-order valence-corrected chi connectivity index (χ0v) is 12.7. The number of hydrogen-bond acceptors (Lipinski definition) is 2. The van der Waals surface area contributed by atoms with E-state index in [-0.39, 0.29) is 18.1 Å². The van der Waals surface area contributed by atoms with Gasteiger partial charge in [-0.3, -0.25) is 9.69 Å². The minimum Gasteiger partial charge on any atom is -0.480 e. The number of rotatable bonds is 5. The highest BCUT2D eigenvalue weighted by molar-refractivity contribution is 6.30. The van der Waals surface area contributed by atoms with Crippen molar-refractivity contribution in [2.75, 3.05) is 6.54 Å². The molecule has 0 aromatic heterocycles. The van der Waals surface area contributed by atoms with Gasteiger partial charge in [-0.25, -0.2) is 0 Å². The van der Waals surface area contributed by atoms with E-state index in [4.69, 9.17) is 16.7 Å². The monoisotopic (exact) mass is 283 g/mol. The molecule has 0 radical (unpaired) electrons. The first-order valence-electron chi connectivity index (χ1n) is 6.43. The van der Waals surface area contributed by atoms with E-state index >= 15 is 0 Å². The molecular weight excluding hydrogens is 262 g/mol. The summed E-state index contributed by atoms with van der Waals surface area (Å²) in [6.07, 6.45) is 0.807. The second kappa shape index (κ2) is 6.40. The molecule has 106 valence electrons. The Kier molecular flexibility index (Phi) is 5.39. The molecule has 4 heteroatoms. The fourth-order valence-electron chi connectivity index (χ4n) is 2.27. The van der Waals surface area contributed by atoms with Gasteiger partial charge in [-0.2, -0.15) is 0 Å². The van der Waals surface area contributed by atoms with Crippen LogP contribution < -0.4 is 0 Å². The SMILES string of the molecule is CC(Cc1ccc(Cl)cc1)N(CC(=O)O)C(C)(C)C. The van der Waals surface area contributed by atoms with E-state index < -0.39 is 5.97 Å². The van der Waals surface area contributed by atoms with E-state index in [1.165, 1.54) is 0 Å². The predicted octanol–water partition coefficient (Wildman–Crippen LogP) is 3.46. The number of aliphatic carboxylic acids is 1. The van der Waals surface area contributed by atoms with Crippen molar-refractivity contribution in [1.82, 2.24) is 4.90 Å². The molecule has 1 N–H and O–H groups in total. The minimum atomic E-state index is -0.794. The molecule has 0 aliphatic rings. The first-order valence-corrected chi connectivity index (χ1v) is 6.81. The van der Waals surface area contributed by atoms with Crippen LogP contribution in [0.15, 0.2) is 24.3 Å². The summed E-state index contributed by atoms with van der Waals surface area (Å²) in [6.45, 7) is 8.22. The summed E-state index contributed by atoms with van der Waals surface area (Å²) in [5.41, 5.74) is 0.987. The maximum atomic E-state index is 11.0. The molecule has 0 amide bonds. The summed E-state index contributed by atoms with van der Waals surface area (Å²) in [7, 11) is 0. The van der Waals surface area contributed by atoms with Crippen molar-refractivity contribution in [2.24, 2.45) is 0 Å².